The Morgan fingerprint density at radius 2 is 1.24 bits per heavy atom. The van der Waals surface area contributed by atoms with Gasteiger partial charge in [0.05, 0.1) is 13.2 Å². The van der Waals surface area contributed by atoms with Crippen molar-refractivity contribution >= 4 is 11.9 Å². The second kappa shape index (κ2) is 11.6. The summed E-state index contributed by atoms with van der Waals surface area (Å²) >= 11 is 0. The van der Waals surface area contributed by atoms with Crippen molar-refractivity contribution in [3.05, 3.63) is 0 Å². The lowest BCUT2D eigenvalue weighted by molar-refractivity contribution is -0.174. The lowest BCUT2D eigenvalue weighted by Crippen LogP contribution is -2.42. The van der Waals surface area contributed by atoms with Crippen molar-refractivity contribution in [2.75, 3.05) is 13.2 Å². The average molecular weight is 300 g/mol. The fourth-order valence-electron chi connectivity index (χ4n) is 2.39. The topological polar surface area (TPSA) is 52.6 Å². The van der Waals surface area contributed by atoms with Gasteiger partial charge in [0.1, 0.15) is 0 Å². The first-order valence-electron chi connectivity index (χ1n) is 8.43. The summed E-state index contributed by atoms with van der Waals surface area (Å²) < 4.78 is 10.6. The van der Waals surface area contributed by atoms with Crippen LogP contribution >= 0.6 is 0 Å². The third kappa shape index (κ3) is 6.49. The van der Waals surface area contributed by atoms with Gasteiger partial charge in [-0.1, -0.05) is 53.4 Å². The van der Waals surface area contributed by atoms with Crippen LogP contribution in [0.2, 0.25) is 0 Å². The maximum Gasteiger partial charge on any atom is 0.323 e. The Morgan fingerprint density at radius 1 is 0.714 bits per heavy atom. The number of esters is 2. The van der Waals surface area contributed by atoms with E-state index in [0.717, 1.165) is 38.5 Å². The van der Waals surface area contributed by atoms with E-state index in [1.54, 1.807) is 0 Å². The van der Waals surface area contributed by atoms with Gasteiger partial charge in [0, 0.05) is 0 Å². The van der Waals surface area contributed by atoms with E-state index >= 15 is 0 Å². The van der Waals surface area contributed by atoms with Crippen LogP contribution in [0.15, 0.2) is 0 Å². The fourth-order valence-corrected chi connectivity index (χ4v) is 2.39. The van der Waals surface area contributed by atoms with Crippen molar-refractivity contribution < 1.29 is 19.1 Å². The Hall–Kier alpha value is -1.06. The molecule has 0 saturated heterocycles. The molecule has 0 aromatic heterocycles. The molecule has 0 saturated carbocycles. The molecule has 0 aliphatic heterocycles. The molecule has 21 heavy (non-hydrogen) atoms. The molecular formula is C17H32O4. The predicted molar refractivity (Wildman–Crippen MR) is 84.0 cm³/mol. The normalized spacial score (nSPS) is 11.2. The van der Waals surface area contributed by atoms with Crippen molar-refractivity contribution in [3.8, 4) is 0 Å². The van der Waals surface area contributed by atoms with Crippen LogP contribution in [-0.2, 0) is 19.1 Å². The van der Waals surface area contributed by atoms with Crippen LogP contribution in [0.1, 0.15) is 79.1 Å². The molecule has 0 bridgehead atoms. The van der Waals surface area contributed by atoms with Crippen LogP contribution in [0.4, 0.5) is 0 Å². The first-order chi connectivity index (χ1) is 10.1. The van der Waals surface area contributed by atoms with Crippen LogP contribution in [0, 0.1) is 5.41 Å². The van der Waals surface area contributed by atoms with Crippen LogP contribution in [0.3, 0.4) is 0 Å². The fraction of sp³-hybridized carbons (Fsp3) is 0.882. The molecule has 0 aromatic rings. The van der Waals surface area contributed by atoms with Gasteiger partial charge in [0.2, 0.25) is 0 Å². The molecule has 0 heterocycles. The Bertz CT molecular complexity index is 279. The molecule has 0 aromatic carbocycles. The highest BCUT2D eigenvalue weighted by atomic mass is 16.6. The van der Waals surface area contributed by atoms with Crippen molar-refractivity contribution in [1.29, 1.82) is 0 Å². The number of carbonyl (C=O) groups is 2. The van der Waals surface area contributed by atoms with E-state index < -0.39 is 17.4 Å². The van der Waals surface area contributed by atoms with Crippen LogP contribution in [-0.4, -0.2) is 25.2 Å². The van der Waals surface area contributed by atoms with Crippen LogP contribution < -0.4 is 0 Å². The highest BCUT2D eigenvalue weighted by molar-refractivity contribution is 6.00. The Morgan fingerprint density at radius 3 is 1.62 bits per heavy atom. The van der Waals surface area contributed by atoms with Crippen LogP contribution in [0.5, 0.6) is 0 Å². The number of ether oxygens (including phenoxy) is 2. The zero-order valence-corrected chi connectivity index (χ0v) is 14.2. The second-order valence-corrected chi connectivity index (χ2v) is 5.56. The van der Waals surface area contributed by atoms with E-state index in [0.29, 0.717) is 26.1 Å². The van der Waals surface area contributed by atoms with Crippen molar-refractivity contribution in [2.45, 2.75) is 79.1 Å². The predicted octanol–water partition coefficient (Wildman–Crippen LogP) is 4.26. The van der Waals surface area contributed by atoms with Gasteiger partial charge >= 0.3 is 11.9 Å². The highest BCUT2D eigenvalue weighted by Crippen LogP contribution is 2.34. The summed E-state index contributed by atoms with van der Waals surface area (Å²) in [6.45, 7) is 8.70. The van der Waals surface area contributed by atoms with Gasteiger partial charge in [0.15, 0.2) is 5.41 Å². The minimum absolute atomic E-state index is 0.360. The van der Waals surface area contributed by atoms with Crippen molar-refractivity contribution in [2.24, 2.45) is 5.41 Å². The second-order valence-electron chi connectivity index (χ2n) is 5.56. The van der Waals surface area contributed by atoms with E-state index in [4.69, 9.17) is 9.47 Å². The Labute approximate surface area is 129 Å². The van der Waals surface area contributed by atoms with Gasteiger partial charge in [-0.15, -0.1) is 0 Å². The zero-order chi connectivity index (χ0) is 16.1. The zero-order valence-electron chi connectivity index (χ0n) is 14.2. The van der Waals surface area contributed by atoms with E-state index in [1.807, 2.05) is 20.8 Å². The molecule has 0 aliphatic rings. The SMILES string of the molecule is CCCCCC(CCC)(C(=O)OCCC)C(=O)OCCC. The lowest BCUT2D eigenvalue weighted by Gasteiger charge is -2.29. The minimum atomic E-state index is -1.10. The van der Waals surface area contributed by atoms with Crippen LogP contribution in [0.25, 0.3) is 0 Å². The van der Waals surface area contributed by atoms with Crippen molar-refractivity contribution in [3.63, 3.8) is 0 Å². The molecule has 4 heteroatoms. The number of rotatable bonds is 12. The molecule has 0 fully saturated rings. The summed E-state index contributed by atoms with van der Waals surface area (Å²) in [5.41, 5.74) is -1.10. The maximum absolute atomic E-state index is 12.5. The van der Waals surface area contributed by atoms with Gasteiger partial charge in [-0.2, -0.15) is 0 Å². The molecule has 0 atom stereocenters. The summed E-state index contributed by atoms with van der Waals surface area (Å²) in [5, 5.41) is 0. The van der Waals surface area contributed by atoms with E-state index in [9.17, 15) is 9.59 Å². The van der Waals surface area contributed by atoms with E-state index in [-0.39, 0.29) is 0 Å². The molecule has 0 rings (SSSR count). The summed E-state index contributed by atoms with van der Waals surface area (Å²) in [7, 11) is 0. The Balaban J connectivity index is 5.10. The number of unbranched alkanes of at least 4 members (excludes halogenated alkanes) is 2. The molecule has 0 radical (unpaired) electrons. The smallest absolute Gasteiger partial charge is 0.323 e. The summed E-state index contributed by atoms with van der Waals surface area (Å²) in [6, 6.07) is 0. The largest absolute Gasteiger partial charge is 0.465 e. The number of carbonyl (C=O) groups excluding carboxylic acids is 2. The lowest BCUT2D eigenvalue weighted by atomic mass is 9.78. The number of hydrogen-bond donors (Lipinski definition) is 0. The molecule has 0 spiro atoms. The van der Waals surface area contributed by atoms with Gasteiger partial charge in [0.25, 0.3) is 0 Å². The van der Waals surface area contributed by atoms with Gasteiger partial charge in [-0.05, 0) is 25.7 Å². The minimum Gasteiger partial charge on any atom is -0.465 e. The first kappa shape index (κ1) is 19.9. The van der Waals surface area contributed by atoms with Gasteiger partial charge in [-0.25, -0.2) is 0 Å². The van der Waals surface area contributed by atoms with E-state index in [1.165, 1.54) is 0 Å². The monoisotopic (exact) mass is 300 g/mol. The first-order valence-corrected chi connectivity index (χ1v) is 8.43. The molecule has 0 N–H and O–H groups in total. The average Bonchev–Trinajstić information content (AvgIpc) is 2.49. The molecule has 0 amide bonds. The molecule has 4 nitrogen and oxygen atoms in total. The van der Waals surface area contributed by atoms with E-state index in [2.05, 4.69) is 6.92 Å². The quantitative estimate of drug-likeness (QED) is 0.307. The summed E-state index contributed by atoms with van der Waals surface area (Å²) in [4.78, 5) is 25.0. The van der Waals surface area contributed by atoms with Crippen molar-refractivity contribution in [1.82, 2.24) is 0 Å². The Kier molecular flexibility index (Phi) is 11.0. The number of hydrogen-bond acceptors (Lipinski definition) is 4. The highest BCUT2D eigenvalue weighted by Gasteiger charge is 2.47. The maximum atomic E-state index is 12.5. The molecule has 0 aliphatic carbocycles. The standard InChI is InChI=1S/C17H32O4/c1-5-9-10-12-17(11-6-2,15(18)20-13-7-3)16(19)21-14-8-4/h5-14H2,1-4H3. The van der Waals surface area contributed by atoms with Gasteiger partial charge < -0.3 is 9.47 Å². The third-order valence-corrected chi connectivity index (χ3v) is 3.54. The van der Waals surface area contributed by atoms with Gasteiger partial charge in [-0.3, -0.25) is 9.59 Å². The molecule has 124 valence electrons. The molecule has 0 unspecified atom stereocenters. The molecular weight excluding hydrogens is 268 g/mol. The summed E-state index contributed by atoms with van der Waals surface area (Å²) in [6.07, 6.45) is 6.21. The summed E-state index contributed by atoms with van der Waals surface area (Å²) in [5.74, 6) is -0.799. The third-order valence-electron chi connectivity index (χ3n) is 3.54.